The van der Waals surface area contributed by atoms with E-state index in [4.69, 9.17) is 4.48 Å². The second-order valence-corrected chi connectivity index (χ2v) is 0.894. The molecule has 0 spiro atoms. The summed E-state index contributed by atoms with van der Waals surface area (Å²) in [7, 11) is 0. The van der Waals surface area contributed by atoms with Crippen molar-refractivity contribution in [1.82, 2.24) is 9.97 Å². The number of hydrogen-bond acceptors (Lipinski definition) is 3. The van der Waals surface area contributed by atoms with Crippen LogP contribution in [-0.4, -0.2) is 9.97 Å². The van der Waals surface area contributed by atoms with Crippen molar-refractivity contribution in [1.29, 1.82) is 0 Å². The number of aromatic nitrogens is 2. The highest BCUT2D eigenvalue weighted by Gasteiger charge is 1.59. The minimum absolute atomic E-state index is 1.64. The fourth-order valence-corrected chi connectivity index (χ4v) is 0.253. The van der Waals surface area contributed by atoms with E-state index in [0.29, 0.717) is 0 Å². The van der Waals surface area contributed by atoms with Crippen molar-refractivity contribution in [3.63, 3.8) is 0 Å². The van der Waals surface area contributed by atoms with Gasteiger partial charge in [0.25, 0.3) is 0 Å². The van der Waals surface area contributed by atoms with E-state index in [-0.39, 0.29) is 0 Å². The smallest absolute Gasteiger partial charge is 0.0451 e. The maximum absolute atomic E-state index is 9.00. The van der Waals surface area contributed by atoms with Gasteiger partial charge >= 0.3 is 0 Å². The Morgan fingerprint density at radius 2 is 1.12 bits per heavy atom. The van der Waals surface area contributed by atoms with Gasteiger partial charge in [0.15, 0.2) is 0 Å². The first-order valence-electron chi connectivity index (χ1n) is 1.92. The lowest BCUT2D eigenvalue weighted by atomic mass is 10.8. The molecule has 0 aromatic carbocycles. The zero-order valence-electron chi connectivity index (χ0n) is 4.16. The lowest BCUT2D eigenvalue weighted by molar-refractivity contribution is 0.530. The second-order valence-electron chi connectivity index (χ2n) is 0.894. The topological polar surface area (TPSA) is 51.8 Å². The molecule has 0 saturated heterocycles. The van der Waals surface area contributed by atoms with Gasteiger partial charge in [-0.2, -0.15) is 5.96 Å². The predicted molar refractivity (Wildman–Crippen MR) is 27.3 cm³/mol. The standard InChI is InChI=1S/C4H4N2.FH2N/c1-2-6-4-3-5-1;1-2/h1-4H;2H2. The van der Waals surface area contributed by atoms with Crippen LogP contribution < -0.4 is 5.96 Å². The maximum Gasteiger partial charge on any atom is 0.0451 e. The van der Waals surface area contributed by atoms with E-state index < -0.39 is 0 Å². The second kappa shape index (κ2) is 5.97. The fraction of sp³-hybridized carbons (Fsp3) is 0. The van der Waals surface area contributed by atoms with Crippen LogP contribution in [0.25, 0.3) is 0 Å². The molecule has 3 nitrogen and oxygen atoms in total. The zero-order valence-corrected chi connectivity index (χ0v) is 4.16. The predicted octanol–water partition coefficient (Wildman–Crippen LogP) is 0.306. The van der Waals surface area contributed by atoms with Crippen LogP contribution in [0.3, 0.4) is 0 Å². The van der Waals surface area contributed by atoms with Crippen molar-refractivity contribution in [3.8, 4) is 0 Å². The average molecular weight is 115 g/mol. The van der Waals surface area contributed by atoms with E-state index in [1.807, 2.05) is 0 Å². The van der Waals surface area contributed by atoms with Gasteiger partial charge in [-0.3, -0.25) is 9.97 Å². The van der Waals surface area contributed by atoms with Gasteiger partial charge in [-0.05, 0) is 0 Å². The molecule has 4 heteroatoms. The normalized spacial score (nSPS) is 6.75. The van der Waals surface area contributed by atoms with E-state index in [1.165, 1.54) is 0 Å². The summed E-state index contributed by atoms with van der Waals surface area (Å²) in [5, 5.41) is 0. The van der Waals surface area contributed by atoms with Crippen molar-refractivity contribution < 1.29 is 4.48 Å². The fourth-order valence-electron chi connectivity index (χ4n) is 0.253. The summed E-state index contributed by atoms with van der Waals surface area (Å²) in [4.78, 5) is 7.44. The van der Waals surface area contributed by atoms with Crippen LogP contribution in [-0.2, 0) is 0 Å². The number of halogens is 1. The molecule has 0 aliphatic rings. The van der Waals surface area contributed by atoms with E-state index >= 15 is 0 Å². The highest BCUT2D eigenvalue weighted by atomic mass is 19.2. The Hall–Kier alpha value is -1.03. The molecule has 1 rings (SSSR count). The Kier molecular flexibility index (Phi) is 5.20. The van der Waals surface area contributed by atoms with Gasteiger partial charge in [0, 0.05) is 24.8 Å². The monoisotopic (exact) mass is 115 g/mol. The Balaban J connectivity index is 0.000000222. The van der Waals surface area contributed by atoms with Crippen LogP contribution >= 0.6 is 0 Å². The summed E-state index contributed by atoms with van der Waals surface area (Å²) in [5.74, 6) is 3.00. The number of rotatable bonds is 0. The molecule has 1 aromatic heterocycles. The summed E-state index contributed by atoms with van der Waals surface area (Å²) >= 11 is 0. The van der Waals surface area contributed by atoms with Crippen LogP contribution in [0.4, 0.5) is 4.48 Å². The molecule has 1 heterocycles. The molecule has 0 saturated carbocycles. The van der Waals surface area contributed by atoms with Crippen LogP contribution in [0.5, 0.6) is 0 Å². The molecule has 0 atom stereocenters. The van der Waals surface area contributed by atoms with Gasteiger partial charge in [-0.25, -0.2) is 0 Å². The van der Waals surface area contributed by atoms with E-state index in [2.05, 4.69) is 15.9 Å². The molecule has 0 radical (unpaired) electrons. The Labute approximate surface area is 46.3 Å². The molecule has 0 aliphatic carbocycles. The van der Waals surface area contributed by atoms with Crippen LogP contribution in [0, 0.1) is 0 Å². The van der Waals surface area contributed by atoms with Gasteiger partial charge in [0.1, 0.15) is 0 Å². The zero-order chi connectivity index (χ0) is 6.24. The lowest BCUT2D eigenvalue weighted by Crippen LogP contribution is -1.66. The highest BCUT2D eigenvalue weighted by molar-refractivity contribution is 4.70. The molecular formula is C4H6FN3. The summed E-state index contributed by atoms with van der Waals surface area (Å²) < 4.78 is 9.00. The molecule has 44 valence electrons. The minimum atomic E-state index is 1.64. The first-order chi connectivity index (χ1) is 4.00. The molecule has 0 aliphatic heterocycles. The summed E-state index contributed by atoms with van der Waals surface area (Å²) in [6.45, 7) is 0. The molecule has 0 amide bonds. The summed E-state index contributed by atoms with van der Waals surface area (Å²) in [6.07, 6.45) is 6.56. The van der Waals surface area contributed by atoms with Crippen LogP contribution in [0.2, 0.25) is 0 Å². The molecule has 0 fully saturated rings. The Morgan fingerprint density at radius 3 is 1.25 bits per heavy atom. The lowest BCUT2D eigenvalue weighted by Gasteiger charge is -1.70. The number of nitrogens with zero attached hydrogens (tertiary/aromatic N) is 2. The highest BCUT2D eigenvalue weighted by Crippen LogP contribution is 1.65. The third-order valence-corrected chi connectivity index (χ3v) is 0.478. The minimum Gasteiger partial charge on any atom is -0.262 e. The van der Waals surface area contributed by atoms with Gasteiger partial charge < -0.3 is 0 Å². The first kappa shape index (κ1) is 6.97. The Bertz CT molecular complexity index is 83.2. The van der Waals surface area contributed by atoms with E-state index in [1.54, 1.807) is 24.8 Å². The van der Waals surface area contributed by atoms with Crippen molar-refractivity contribution in [2.45, 2.75) is 0 Å². The SMILES string of the molecule is NF.c1cnccn1. The summed E-state index contributed by atoms with van der Waals surface area (Å²) in [6, 6.07) is 0. The van der Waals surface area contributed by atoms with Crippen molar-refractivity contribution >= 4 is 0 Å². The largest absolute Gasteiger partial charge is 0.262 e. The molecule has 2 N–H and O–H groups in total. The van der Waals surface area contributed by atoms with Crippen LogP contribution in [0.15, 0.2) is 24.8 Å². The van der Waals surface area contributed by atoms with Gasteiger partial charge in [0.2, 0.25) is 0 Å². The molecule has 0 bridgehead atoms. The first-order valence-corrected chi connectivity index (χ1v) is 1.92. The van der Waals surface area contributed by atoms with Gasteiger partial charge in [-0.15, -0.1) is 4.48 Å². The number of hydrogen-bond donors (Lipinski definition) is 1. The van der Waals surface area contributed by atoms with E-state index in [9.17, 15) is 0 Å². The quantitative estimate of drug-likeness (QED) is 0.495. The number of nitrogens with two attached hydrogens (primary N) is 1. The third kappa shape index (κ3) is 3.17. The van der Waals surface area contributed by atoms with Gasteiger partial charge in [-0.1, -0.05) is 0 Å². The van der Waals surface area contributed by atoms with Crippen molar-refractivity contribution in [3.05, 3.63) is 24.8 Å². The molecule has 0 unspecified atom stereocenters. The van der Waals surface area contributed by atoms with Crippen molar-refractivity contribution in [2.24, 2.45) is 5.96 Å². The molecular weight excluding hydrogens is 109 g/mol. The maximum atomic E-state index is 9.00. The summed E-state index contributed by atoms with van der Waals surface area (Å²) in [5.41, 5.74) is 0. The Morgan fingerprint density at radius 1 is 0.875 bits per heavy atom. The third-order valence-electron chi connectivity index (χ3n) is 0.478. The van der Waals surface area contributed by atoms with Gasteiger partial charge in [0.05, 0.1) is 0 Å². The average Bonchev–Trinajstić information content (AvgIpc) is 1.96. The van der Waals surface area contributed by atoms with Crippen LogP contribution in [0.1, 0.15) is 0 Å². The van der Waals surface area contributed by atoms with Crippen molar-refractivity contribution in [2.75, 3.05) is 0 Å². The van der Waals surface area contributed by atoms with E-state index in [0.717, 1.165) is 0 Å². The molecule has 1 aromatic rings. The molecule has 8 heavy (non-hydrogen) atoms.